The molecule has 3 aromatic carbocycles. The molecular formula is C25H22N2O5. The van der Waals surface area contributed by atoms with Gasteiger partial charge in [-0.1, -0.05) is 23.4 Å². The van der Waals surface area contributed by atoms with Crippen molar-refractivity contribution in [1.82, 2.24) is 5.16 Å². The molecule has 7 nitrogen and oxygen atoms in total. The lowest BCUT2D eigenvalue weighted by molar-refractivity contribution is -0.115. The fourth-order valence-electron chi connectivity index (χ4n) is 3.12. The number of para-hydroxylation sites is 1. The van der Waals surface area contributed by atoms with Gasteiger partial charge in [-0.05, 0) is 54.6 Å². The minimum absolute atomic E-state index is 0.0824. The van der Waals surface area contributed by atoms with Crippen LogP contribution in [0.3, 0.4) is 0 Å². The quantitative estimate of drug-likeness (QED) is 0.407. The number of nitrogens with zero attached hydrogens (tertiary/aromatic N) is 1. The number of hydrogen-bond donors (Lipinski definition) is 1. The summed E-state index contributed by atoms with van der Waals surface area (Å²) in [6, 6.07) is 23.8. The Balaban J connectivity index is 1.36. The van der Waals surface area contributed by atoms with Crippen LogP contribution in [0.2, 0.25) is 0 Å². The fourth-order valence-corrected chi connectivity index (χ4v) is 3.12. The third-order valence-electron chi connectivity index (χ3n) is 4.69. The van der Waals surface area contributed by atoms with Gasteiger partial charge < -0.3 is 24.1 Å². The highest BCUT2D eigenvalue weighted by Crippen LogP contribution is 2.32. The van der Waals surface area contributed by atoms with Crippen molar-refractivity contribution in [3.63, 3.8) is 0 Å². The molecule has 0 aliphatic heterocycles. The molecule has 32 heavy (non-hydrogen) atoms. The van der Waals surface area contributed by atoms with Crippen molar-refractivity contribution in [2.24, 2.45) is 0 Å². The van der Waals surface area contributed by atoms with Gasteiger partial charge in [-0.2, -0.15) is 0 Å². The molecule has 0 atom stereocenters. The first-order chi connectivity index (χ1) is 15.6. The number of benzene rings is 3. The first-order valence-electron chi connectivity index (χ1n) is 9.95. The highest BCUT2D eigenvalue weighted by atomic mass is 16.5. The SMILES string of the molecule is COc1ccc(-c2cc(CC(=O)Nc3ccc(Oc4ccccc4)cc3)no2)cc1OC. The van der Waals surface area contributed by atoms with Gasteiger partial charge in [0.25, 0.3) is 0 Å². The molecule has 4 rings (SSSR count). The molecular weight excluding hydrogens is 408 g/mol. The topological polar surface area (TPSA) is 82.8 Å². The molecule has 0 bridgehead atoms. The van der Waals surface area contributed by atoms with Crippen molar-refractivity contribution < 1.29 is 23.5 Å². The molecule has 0 radical (unpaired) electrons. The van der Waals surface area contributed by atoms with Crippen molar-refractivity contribution in [3.05, 3.63) is 84.6 Å². The lowest BCUT2D eigenvalue weighted by Gasteiger charge is -2.08. The van der Waals surface area contributed by atoms with Gasteiger partial charge in [0.2, 0.25) is 5.91 Å². The van der Waals surface area contributed by atoms with Crippen molar-refractivity contribution >= 4 is 11.6 Å². The van der Waals surface area contributed by atoms with Crippen molar-refractivity contribution in [1.29, 1.82) is 0 Å². The zero-order valence-corrected chi connectivity index (χ0v) is 17.7. The maximum Gasteiger partial charge on any atom is 0.230 e. The molecule has 1 aromatic heterocycles. The second-order valence-corrected chi connectivity index (χ2v) is 6.92. The summed E-state index contributed by atoms with van der Waals surface area (Å²) in [7, 11) is 3.14. The van der Waals surface area contributed by atoms with Gasteiger partial charge in [0.05, 0.1) is 26.3 Å². The summed E-state index contributed by atoms with van der Waals surface area (Å²) >= 11 is 0. The predicted octanol–water partition coefficient (Wildman–Crippen LogP) is 5.33. The average Bonchev–Trinajstić information content (AvgIpc) is 3.29. The Labute approximate surface area is 185 Å². The average molecular weight is 430 g/mol. The van der Waals surface area contributed by atoms with E-state index < -0.39 is 0 Å². The molecule has 1 amide bonds. The van der Waals surface area contributed by atoms with Crippen LogP contribution < -0.4 is 19.5 Å². The summed E-state index contributed by atoms with van der Waals surface area (Å²) in [6.45, 7) is 0. The van der Waals surface area contributed by atoms with E-state index in [1.54, 1.807) is 56.7 Å². The van der Waals surface area contributed by atoms with Gasteiger partial charge in [0.1, 0.15) is 11.5 Å². The molecule has 1 N–H and O–H groups in total. The van der Waals surface area contributed by atoms with Gasteiger partial charge in [0, 0.05) is 17.3 Å². The highest BCUT2D eigenvalue weighted by Gasteiger charge is 2.13. The summed E-state index contributed by atoms with van der Waals surface area (Å²) in [5.74, 6) is 2.98. The van der Waals surface area contributed by atoms with Gasteiger partial charge in [-0.25, -0.2) is 0 Å². The molecule has 1 heterocycles. The second-order valence-electron chi connectivity index (χ2n) is 6.92. The maximum atomic E-state index is 12.4. The maximum absolute atomic E-state index is 12.4. The van der Waals surface area contributed by atoms with Crippen LogP contribution in [0.4, 0.5) is 5.69 Å². The number of nitrogens with one attached hydrogen (secondary N) is 1. The van der Waals surface area contributed by atoms with Crippen LogP contribution in [0.15, 0.2) is 83.4 Å². The first-order valence-corrected chi connectivity index (χ1v) is 9.95. The van der Waals surface area contributed by atoms with Crippen LogP contribution in [-0.2, 0) is 11.2 Å². The normalized spacial score (nSPS) is 10.4. The van der Waals surface area contributed by atoms with E-state index in [0.717, 1.165) is 11.3 Å². The minimum atomic E-state index is -0.200. The van der Waals surface area contributed by atoms with Crippen LogP contribution in [-0.4, -0.2) is 25.3 Å². The summed E-state index contributed by atoms with van der Waals surface area (Å²) in [5, 5.41) is 6.86. The Hall–Kier alpha value is -4.26. The van der Waals surface area contributed by atoms with E-state index in [0.29, 0.717) is 34.4 Å². The number of anilines is 1. The van der Waals surface area contributed by atoms with E-state index in [1.807, 2.05) is 36.4 Å². The molecule has 4 aromatic rings. The van der Waals surface area contributed by atoms with Crippen LogP contribution in [0.25, 0.3) is 11.3 Å². The van der Waals surface area contributed by atoms with Crippen LogP contribution >= 0.6 is 0 Å². The molecule has 0 saturated heterocycles. The molecule has 0 saturated carbocycles. The van der Waals surface area contributed by atoms with Gasteiger partial charge in [0.15, 0.2) is 17.3 Å². The van der Waals surface area contributed by atoms with Gasteiger partial charge in [-0.15, -0.1) is 0 Å². The molecule has 0 unspecified atom stereocenters. The summed E-state index contributed by atoms with van der Waals surface area (Å²) in [5.41, 5.74) is 1.96. The number of methoxy groups -OCH3 is 2. The number of amides is 1. The molecule has 7 heteroatoms. The Kier molecular flexibility index (Phi) is 6.36. The predicted molar refractivity (Wildman–Crippen MR) is 120 cm³/mol. The number of rotatable bonds is 8. The summed E-state index contributed by atoms with van der Waals surface area (Å²) < 4.78 is 21.7. The van der Waals surface area contributed by atoms with Crippen molar-refractivity contribution in [2.45, 2.75) is 6.42 Å². The van der Waals surface area contributed by atoms with Gasteiger partial charge >= 0.3 is 0 Å². The fraction of sp³-hybridized carbons (Fsp3) is 0.120. The van der Waals surface area contributed by atoms with Crippen molar-refractivity contribution in [2.75, 3.05) is 19.5 Å². The van der Waals surface area contributed by atoms with Crippen molar-refractivity contribution in [3.8, 4) is 34.3 Å². The lowest BCUT2D eigenvalue weighted by Crippen LogP contribution is -2.14. The van der Waals surface area contributed by atoms with E-state index >= 15 is 0 Å². The second kappa shape index (κ2) is 9.70. The van der Waals surface area contributed by atoms with Crippen LogP contribution in [0, 0.1) is 0 Å². The van der Waals surface area contributed by atoms with E-state index in [-0.39, 0.29) is 12.3 Å². The minimum Gasteiger partial charge on any atom is -0.493 e. The lowest BCUT2D eigenvalue weighted by atomic mass is 10.1. The Morgan fingerprint density at radius 2 is 1.59 bits per heavy atom. The number of ether oxygens (including phenoxy) is 3. The number of hydrogen-bond acceptors (Lipinski definition) is 6. The smallest absolute Gasteiger partial charge is 0.230 e. The standard InChI is InChI=1S/C25H22N2O5/c1-29-22-13-8-17(14-24(22)30-2)23-15-19(27-32-23)16-25(28)26-18-9-11-21(12-10-18)31-20-6-4-3-5-7-20/h3-15H,16H2,1-2H3,(H,26,28). The number of aromatic nitrogens is 1. The largest absolute Gasteiger partial charge is 0.493 e. The summed E-state index contributed by atoms with van der Waals surface area (Å²) in [6.07, 6.45) is 0.0824. The first kappa shape index (κ1) is 21.0. The third-order valence-corrected chi connectivity index (χ3v) is 4.69. The third kappa shape index (κ3) is 5.07. The monoisotopic (exact) mass is 430 g/mol. The van der Waals surface area contributed by atoms with Gasteiger partial charge in [-0.3, -0.25) is 4.79 Å². The summed E-state index contributed by atoms with van der Waals surface area (Å²) in [4.78, 5) is 12.4. The molecule has 0 aliphatic carbocycles. The van der Waals surface area contributed by atoms with Crippen LogP contribution in [0.5, 0.6) is 23.0 Å². The van der Waals surface area contributed by atoms with E-state index in [1.165, 1.54) is 0 Å². The molecule has 0 aliphatic rings. The zero-order valence-electron chi connectivity index (χ0n) is 17.7. The zero-order chi connectivity index (χ0) is 22.3. The number of carbonyl (C=O) groups is 1. The molecule has 162 valence electrons. The molecule has 0 spiro atoms. The van der Waals surface area contributed by atoms with E-state index in [9.17, 15) is 4.79 Å². The van der Waals surface area contributed by atoms with Crippen LogP contribution in [0.1, 0.15) is 5.69 Å². The Morgan fingerprint density at radius 3 is 2.31 bits per heavy atom. The number of carbonyl (C=O) groups excluding carboxylic acids is 1. The highest BCUT2D eigenvalue weighted by molar-refractivity contribution is 5.92. The van der Waals surface area contributed by atoms with E-state index in [2.05, 4.69) is 10.5 Å². The van der Waals surface area contributed by atoms with E-state index in [4.69, 9.17) is 18.7 Å². The molecule has 0 fully saturated rings. The Bertz CT molecular complexity index is 1190. The Morgan fingerprint density at radius 1 is 0.875 bits per heavy atom.